The summed E-state index contributed by atoms with van der Waals surface area (Å²) >= 11 is 0. The van der Waals surface area contributed by atoms with Crippen molar-refractivity contribution >= 4 is 22.5 Å². The minimum absolute atomic E-state index is 0.139. The summed E-state index contributed by atoms with van der Waals surface area (Å²) in [6.07, 6.45) is 6.77. The van der Waals surface area contributed by atoms with Gasteiger partial charge in [-0.2, -0.15) is 0 Å². The average Bonchev–Trinajstić information content (AvgIpc) is 3.06. The van der Waals surface area contributed by atoms with Crippen LogP contribution in [0.1, 0.15) is 35.8 Å². The molecule has 0 saturated carbocycles. The van der Waals surface area contributed by atoms with Crippen LogP contribution in [0.4, 0.5) is 5.69 Å². The van der Waals surface area contributed by atoms with E-state index in [0.717, 1.165) is 37.0 Å². The van der Waals surface area contributed by atoms with Gasteiger partial charge in [-0.15, -0.1) is 0 Å². The summed E-state index contributed by atoms with van der Waals surface area (Å²) in [6.45, 7) is 3.66. The Kier molecular flexibility index (Phi) is 5.67. The number of hydrogen-bond donors (Lipinski definition) is 3. The summed E-state index contributed by atoms with van der Waals surface area (Å²) in [7, 11) is 0. The summed E-state index contributed by atoms with van der Waals surface area (Å²) in [5.41, 5.74) is 3.72. The van der Waals surface area contributed by atoms with Crippen LogP contribution in [0.3, 0.4) is 0 Å². The topological polar surface area (TPSA) is 69.8 Å². The lowest BCUT2D eigenvalue weighted by molar-refractivity contribution is 0.0949. The van der Waals surface area contributed by atoms with Crippen molar-refractivity contribution < 1.29 is 4.79 Å². The van der Waals surface area contributed by atoms with Gasteiger partial charge in [-0.3, -0.25) is 4.79 Å². The van der Waals surface area contributed by atoms with Crippen molar-refractivity contribution in [3.8, 4) is 0 Å². The largest absolute Gasteiger partial charge is 0.384 e. The fourth-order valence-electron chi connectivity index (χ4n) is 2.78. The van der Waals surface area contributed by atoms with Crippen molar-refractivity contribution in [3.05, 3.63) is 60.0 Å². The third kappa shape index (κ3) is 4.38. The second-order valence-corrected chi connectivity index (χ2v) is 6.08. The molecule has 5 nitrogen and oxygen atoms in total. The Balaban J connectivity index is 1.50. The highest BCUT2D eigenvalue weighted by Gasteiger charge is 2.08. The molecular formula is C20H24N4O. The Hall–Kier alpha value is -2.82. The summed E-state index contributed by atoms with van der Waals surface area (Å²) < 4.78 is 0. The minimum Gasteiger partial charge on any atom is -0.384 e. The second kappa shape index (κ2) is 8.33. The Morgan fingerprint density at radius 2 is 2.04 bits per heavy atom. The number of nitrogens with zero attached hydrogens (tertiary/aromatic N) is 1. The van der Waals surface area contributed by atoms with Crippen LogP contribution >= 0.6 is 0 Å². The number of carbonyl (C=O) groups excluding carboxylic acids is 1. The van der Waals surface area contributed by atoms with Crippen molar-refractivity contribution in [1.82, 2.24) is 15.3 Å². The molecule has 2 aromatic heterocycles. The lowest BCUT2D eigenvalue weighted by atomic mass is 10.1. The van der Waals surface area contributed by atoms with Gasteiger partial charge in [-0.25, -0.2) is 4.98 Å². The molecular weight excluding hydrogens is 312 g/mol. The quantitative estimate of drug-likeness (QED) is 0.549. The van der Waals surface area contributed by atoms with Gasteiger partial charge >= 0.3 is 0 Å². The molecule has 0 fully saturated rings. The number of carbonyl (C=O) groups is 1. The Bertz CT molecular complexity index is 823. The molecule has 0 aliphatic heterocycles. The molecule has 25 heavy (non-hydrogen) atoms. The summed E-state index contributed by atoms with van der Waals surface area (Å²) in [4.78, 5) is 19.7. The summed E-state index contributed by atoms with van der Waals surface area (Å²) in [5, 5.41) is 7.44. The van der Waals surface area contributed by atoms with Gasteiger partial charge < -0.3 is 15.6 Å². The van der Waals surface area contributed by atoms with Crippen LogP contribution in [0.25, 0.3) is 10.9 Å². The maximum Gasteiger partial charge on any atom is 0.269 e. The van der Waals surface area contributed by atoms with Crippen molar-refractivity contribution in [2.45, 2.75) is 26.2 Å². The molecule has 0 unspecified atom stereocenters. The van der Waals surface area contributed by atoms with E-state index in [-0.39, 0.29) is 5.91 Å². The smallest absolute Gasteiger partial charge is 0.269 e. The number of amides is 1. The number of para-hydroxylation sites is 1. The van der Waals surface area contributed by atoms with Gasteiger partial charge in [-0.1, -0.05) is 31.5 Å². The second-order valence-electron chi connectivity index (χ2n) is 6.08. The number of benzene rings is 1. The van der Waals surface area contributed by atoms with Crippen LogP contribution in [-0.2, 0) is 6.42 Å². The van der Waals surface area contributed by atoms with Gasteiger partial charge in [0.05, 0.1) is 11.9 Å². The maximum atomic E-state index is 12.2. The first kappa shape index (κ1) is 17.0. The van der Waals surface area contributed by atoms with Crippen molar-refractivity contribution in [3.63, 3.8) is 0 Å². The molecule has 0 radical (unpaired) electrons. The fraction of sp³-hybridized carbons (Fsp3) is 0.300. The lowest BCUT2D eigenvalue weighted by Crippen LogP contribution is -2.26. The van der Waals surface area contributed by atoms with Gasteiger partial charge in [-0.05, 0) is 36.6 Å². The fourth-order valence-corrected chi connectivity index (χ4v) is 2.78. The Labute approximate surface area is 147 Å². The average molecular weight is 336 g/mol. The first-order valence-electron chi connectivity index (χ1n) is 8.81. The number of anilines is 1. The van der Waals surface area contributed by atoms with E-state index in [4.69, 9.17) is 0 Å². The van der Waals surface area contributed by atoms with E-state index in [1.807, 2.05) is 24.4 Å². The number of fused-ring (bicyclic) bond motifs is 1. The predicted octanol–water partition coefficient (Wildman–Crippen LogP) is 3.75. The van der Waals surface area contributed by atoms with E-state index in [1.165, 1.54) is 10.9 Å². The highest BCUT2D eigenvalue weighted by molar-refractivity contribution is 5.92. The van der Waals surface area contributed by atoms with Crippen LogP contribution in [-0.4, -0.2) is 29.0 Å². The van der Waals surface area contributed by atoms with E-state index < -0.39 is 0 Å². The molecule has 130 valence electrons. The number of pyridine rings is 1. The zero-order valence-electron chi connectivity index (χ0n) is 14.5. The zero-order valence-corrected chi connectivity index (χ0v) is 14.5. The molecule has 1 aromatic carbocycles. The number of H-pyrrole nitrogens is 1. The molecule has 0 bridgehead atoms. The van der Waals surface area contributed by atoms with Crippen LogP contribution in [0, 0.1) is 0 Å². The van der Waals surface area contributed by atoms with Crippen LogP contribution in [0.5, 0.6) is 0 Å². The minimum atomic E-state index is -0.139. The van der Waals surface area contributed by atoms with Crippen LogP contribution < -0.4 is 10.6 Å². The van der Waals surface area contributed by atoms with Crippen molar-refractivity contribution in [2.75, 3.05) is 18.4 Å². The monoisotopic (exact) mass is 336 g/mol. The molecule has 3 rings (SSSR count). The van der Waals surface area contributed by atoms with Crippen molar-refractivity contribution in [1.29, 1.82) is 0 Å². The predicted molar refractivity (Wildman–Crippen MR) is 102 cm³/mol. The SMILES string of the molecule is CCCCNc1ccc(C(=O)NCCc2c[nH]c3ccccc23)nc1. The number of nitrogens with one attached hydrogen (secondary N) is 3. The van der Waals surface area contributed by atoms with Gasteiger partial charge in [0.15, 0.2) is 0 Å². The molecule has 3 N–H and O–H groups in total. The number of rotatable bonds is 8. The molecule has 0 saturated heterocycles. The molecule has 0 aliphatic carbocycles. The Morgan fingerprint density at radius 1 is 1.16 bits per heavy atom. The van der Waals surface area contributed by atoms with Gasteiger partial charge in [0.1, 0.15) is 5.69 Å². The van der Waals surface area contributed by atoms with E-state index in [1.54, 1.807) is 12.3 Å². The molecule has 0 spiro atoms. The molecule has 1 amide bonds. The first-order chi connectivity index (χ1) is 12.3. The Morgan fingerprint density at radius 3 is 2.84 bits per heavy atom. The van der Waals surface area contributed by atoms with Crippen LogP contribution in [0.15, 0.2) is 48.8 Å². The summed E-state index contributed by atoms with van der Waals surface area (Å²) in [5.74, 6) is -0.139. The molecule has 0 atom stereocenters. The summed E-state index contributed by atoms with van der Waals surface area (Å²) in [6, 6.07) is 11.8. The van der Waals surface area contributed by atoms with E-state index in [9.17, 15) is 4.79 Å². The third-order valence-corrected chi connectivity index (χ3v) is 4.21. The lowest BCUT2D eigenvalue weighted by Gasteiger charge is -2.07. The van der Waals surface area contributed by atoms with Crippen molar-refractivity contribution in [2.24, 2.45) is 0 Å². The zero-order chi connectivity index (χ0) is 17.5. The molecule has 0 aliphatic rings. The number of aromatic nitrogens is 2. The maximum absolute atomic E-state index is 12.2. The number of hydrogen-bond acceptors (Lipinski definition) is 3. The van der Waals surface area contributed by atoms with Gasteiger partial charge in [0.25, 0.3) is 5.91 Å². The highest BCUT2D eigenvalue weighted by Crippen LogP contribution is 2.17. The van der Waals surface area contributed by atoms with Crippen LogP contribution in [0.2, 0.25) is 0 Å². The van der Waals surface area contributed by atoms with Gasteiger partial charge in [0, 0.05) is 30.2 Å². The normalized spacial score (nSPS) is 10.8. The van der Waals surface area contributed by atoms with E-state index >= 15 is 0 Å². The van der Waals surface area contributed by atoms with E-state index in [0.29, 0.717) is 12.2 Å². The standard InChI is InChI=1S/C20H24N4O/c1-2-3-11-21-16-8-9-19(24-14-16)20(25)22-12-10-15-13-23-18-7-5-4-6-17(15)18/h4-9,13-14,21,23H,2-3,10-12H2,1H3,(H,22,25). The number of aromatic amines is 1. The number of unbranched alkanes of at least 4 members (excludes halogenated alkanes) is 1. The highest BCUT2D eigenvalue weighted by atomic mass is 16.1. The third-order valence-electron chi connectivity index (χ3n) is 4.21. The molecule has 5 heteroatoms. The van der Waals surface area contributed by atoms with Gasteiger partial charge in [0.2, 0.25) is 0 Å². The first-order valence-corrected chi connectivity index (χ1v) is 8.81. The molecule has 2 heterocycles. The van der Waals surface area contributed by atoms with E-state index in [2.05, 4.69) is 39.7 Å². The molecule has 3 aromatic rings.